The van der Waals surface area contributed by atoms with Gasteiger partial charge in [0.1, 0.15) is 0 Å². The molecule has 4 heteroatoms. The van der Waals surface area contributed by atoms with Crippen molar-refractivity contribution >= 4 is 5.95 Å². The second-order valence-corrected chi connectivity index (χ2v) is 4.85. The van der Waals surface area contributed by atoms with Crippen molar-refractivity contribution in [3.63, 3.8) is 0 Å². The average Bonchev–Trinajstić information content (AvgIpc) is 2.36. The fraction of sp³-hybridized carbons (Fsp3) is 0.286. The van der Waals surface area contributed by atoms with Gasteiger partial charge in [-0.1, -0.05) is 31.2 Å². The Morgan fingerprint density at radius 2 is 2.11 bits per heavy atom. The predicted octanol–water partition coefficient (Wildman–Crippen LogP) is 1.69. The maximum atomic E-state index is 12.3. The van der Waals surface area contributed by atoms with Gasteiger partial charge in [0.15, 0.2) is 0 Å². The Hall–Kier alpha value is -2.10. The molecular weight excluding hydrogens is 226 g/mol. The van der Waals surface area contributed by atoms with Gasteiger partial charge in [0.05, 0.1) is 11.3 Å². The van der Waals surface area contributed by atoms with E-state index in [1.165, 1.54) is 10.1 Å². The maximum absolute atomic E-state index is 12.3. The van der Waals surface area contributed by atoms with Crippen molar-refractivity contribution in [2.24, 2.45) is 7.05 Å². The summed E-state index contributed by atoms with van der Waals surface area (Å²) in [4.78, 5) is 16.7. The van der Waals surface area contributed by atoms with E-state index in [2.05, 4.69) is 18.0 Å². The van der Waals surface area contributed by atoms with E-state index in [9.17, 15) is 4.79 Å². The third-order valence-corrected chi connectivity index (χ3v) is 3.66. The number of fused-ring (bicyclic) bond motifs is 3. The van der Waals surface area contributed by atoms with E-state index in [4.69, 9.17) is 5.73 Å². The van der Waals surface area contributed by atoms with Crippen molar-refractivity contribution in [2.45, 2.75) is 19.3 Å². The van der Waals surface area contributed by atoms with Crippen LogP contribution in [0.1, 0.15) is 24.1 Å². The van der Waals surface area contributed by atoms with Crippen LogP contribution in [-0.4, -0.2) is 9.55 Å². The topological polar surface area (TPSA) is 60.9 Å². The van der Waals surface area contributed by atoms with Crippen molar-refractivity contribution in [1.29, 1.82) is 0 Å². The molecule has 0 saturated carbocycles. The normalized spacial score (nSPS) is 17.1. The molecule has 4 nitrogen and oxygen atoms in total. The number of aromatic nitrogens is 2. The van der Waals surface area contributed by atoms with Gasteiger partial charge < -0.3 is 5.73 Å². The third-order valence-electron chi connectivity index (χ3n) is 3.66. The van der Waals surface area contributed by atoms with E-state index in [0.717, 1.165) is 17.7 Å². The van der Waals surface area contributed by atoms with E-state index < -0.39 is 0 Å². The van der Waals surface area contributed by atoms with Crippen molar-refractivity contribution in [3.8, 4) is 11.1 Å². The summed E-state index contributed by atoms with van der Waals surface area (Å²) in [7, 11) is 1.66. The van der Waals surface area contributed by atoms with Crippen LogP contribution in [0, 0.1) is 0 Å². The van der Waals surface area contributed by atoms with Crippen molar-refractivity contribution in [3.05, 3.63) is 45.9 Å². The van der Waals surface area contributed by atoms with Crippen LogP contribution in [0.15, 0.2) is 29.1 Å². The number of nitrogens with two attached hydrogens (primary N) is 1. The summed E-state index contributed by atoms with van der Waals surface area (Å²) in [6, 6.07) is 8.04. The van der Waals surface area contributed by atoms with Crippen LogP contribution in [-0.2, 0) is 13.5 Å². The molecule has 0 bridgehead atoms. The van der Waals surface area contributed by atoms with Gasteiger partial charge in [-0.2, -0.15) is 0 Å². The summed E-state index contributed by atoms with van der Waals surface area (Å²) in [6.07, 6.45) is 0.770. The minimum Gasteiger partial charge on any atom is -0.369 e. The van der Waals surface area contributed by atoms with Gasteiger partial charge in [0.2, 0.25) is 5.95 Å². The zero-order chi connectivity index (χ0) is 12.9. The smallest absolute Gasteiger partial charge is 0.262 e. The molecule has 1 aliphatic rings. The summed E-state index contributed by atoms with van der Waals surface area (Å²) in [6.45, 7) is 2.15. The standard InChI is InChI=1S/C14H15N3O/c1-8-7-11-12(10-6-4-3-5-9(8)10)13(18)17(2)14(15)16-11/h3-6,8H,7H2,1-2H3,(H2,15,16). The summed E-state index contributed by atoms with van der Waals surface area (Å²) < 4.78 is 1.41. The first-order valence-electron chi connectivity index (χ1n) is 6.04. The van der Waals surface area contributed by atoms with Gasteiger partial charge in [-0.15, -0.1) is 0 Å². The lowest BCUT2D eigenvalue weighted by Gasteiger charge is -2.24. The molecule has 0 saturated heterocycles. The largest absolute Gasteiger partial charge is 0.369 e. The van der Waals surface area contributed by atoms with Gasteiger partial charge in [-0.25, -0.2) is 4.98 Å². The van der Waals surface area contributed by atoms with Gasteiger partial charge in [-0.3, -0.25) is 9.36 Å². The van der Waals surface area contributed by atoms with E-state index in [-0.39, 0.29) is 11.5 Å². The average molecular weight is 241 g/mol. The van der Waals surface area contributed by atoms with Crippen LogP contribution >= 0.6 is 0 Å². The summed E-state index contributed by atoms with van der Waals surface area (Å²) in [5.41, 5.74) is 9.45. The summed E-state index contributed by atoms with van der Waals surface area (Å²) in [5, 5.41) is 0. The first-order chi connectivity index (χ1) is 8.59. The van der Waals surface area contributed by atoms with E-state index >= 15 is 0 Å². The molecule has 1 atom stereocenters. The Morgan fingerprint density at radius 3 is 2.89 bits per heavy atom. The number of nitrogen functional groups attached to an aromatic ring is 1. The highest BCUT2D eigenvalue weighted by Crippen LogP contribution is 2.36. The quantitative estimate of drug-likeness (QED) is 0.763. The molecule has 2 N–H and O–H groups in total. The molecular formula is C14H15N3O. The third kappa shape index (κ3) is 1.38. The van der Waals surface area contributed by atoms with Crippen LogP contribution < -0.4 is 11.3 Å². The molecule has 92 valence electrons. The fourth-order valence-electron chi connectivity index (χ4n) is 2.64. The number of hydrogen-bond acceptors (Lipinski definition) is 3. The molecule has 2 aromatic rings. The molecule has 0 spiro atoms. The SMILES string of the molecule is CC1Cc2nc(N)n(C)c(=O)c2-c2ccccc21. The lowest BCUT2D eigenvalue weighted by molar-refractivity contribution is 0.711. The van der Waals surface area contributed by atoms with Crippen molar-refractivity contribution in [2.75, 3.05) is 5.73 Å². The minimum atomic E-state index is -0.0585. The van der Waals surface area contributed by atoms with Crippen LogP contribution in [0.3, 0.4) is 0 Å². The molecule has 0 radical (unpaired) electrons. The van der Waals surface area contributed by atoms with Crippen LogP contribution in [0.2, 0.25) is 0 Å². The molecule has 1 aromatic carbocycles. The highest BCUT2D eigenvalue weighted by atomic mass is 16.1. The minimum absolute atomic E-state index is 0.0585. The number of rotatable bonds is 0. The zero-order valence-electron chi connectivity index (χ0n) is 10.5. The fourth-order valence-corrected chi connectivity index (χ4v) is 2.64. The van der Waals surface area contributed by atoms with Crippen molar-refractivity contribution < 1.29 is 0 Å². The first kappa shape index (κ1) is 11.0. The van der Waals surface area contributed by atoms with Crippen LogP contribution in [0.5, 0.6) is 0 Å². The lowest BCUT2D eigenvalue weighted by Crippen LogP contribution is -2.28. The molecule has 0 amide bonds. The molecule has 1 aliphatic carbocycles. The molecule has 18 heavy (non-hydrogen) atoms. The van der Waals surface area contributed by atoms with Gasteiger partial charge >= 0.3 is 0 Å². The van der Waals surface area contributed by atoms with Crippen LogP contribution in [0.4, 0.5) is 5.95 Å². The van der Waals surface area contributed by atoms with Crippen LogP contribution in [0.25, 0.3) is 11.1 Å². The molecule has 1 unspecified atom stereocenters. The molecule has 1 heterocycles. The second-order valence-electron chi connectivity index (χ2n) is 4.85. The van der Waals surface area contributed by atoms with E-state index in [1.807, 2.05) is 18.2 Å². The number of hydrogen-bond donors (Lipinski definition) is 1. The maximum Gasteiger partial charge on any atom is 0.262 e. The highest BCUT2D eigenvalue weighted by Gasteiger charge is 2.26. The summed E-state index contributed by atoms with van der Waals surface area (Å²) >= 11 is 0. The Balaban J connectivity index is 2.40. The van der Waals surface area contributed by atoms with Crippen molar-refractivity contribution in [1.82, 2.24) is 9.55 Å². The first-order valence-corrected chi connectivity index (χ1v) is 6.04. The Kier molecular flexibility index (Phi) is 2.26. The van der Waals surface area contributed by atoms with E-state index in [1.54, 1.807) is 7.05 Å². The Labute approximate surface area is 105 Å². The van der Waals surface area contributed by atoms with E-state index in [0.29, 0.717) is 11.5 Å². The van der Waals surface area contributed by atoms with Gasteiger partial charge in [0, 0.05) is 7.05 Å². The summed E-state index contributed by atoms with van der Waals surface area (Å²) in [5.74, 6) is 0.651. The highest BCUT2D eigenvalue weighted by molar-refractivity contribution is 5.72. The molecule has 0 fully saturated rings. The van der Waals surface area contributed by atoms with Gasteiger partial charge in [0.25, 0.3) is 5.56 Å². The Morgan fingerprint density at radius 1 is 1.39 bits per heavy atom. The number of nitrogens with zero attached hydrogens (tertiary/aromatic N) is 2. The van der Waals surface area contributed by atoms with Gasteiger partial charge in [-0.05, 0) is 23.5 Å². The molecule has 3 rings (SSSR count). The Bertz CT molecular complexity index is 688. The molecule has 1 aromatic heterocycles. The number of anilines is 1. The second kappa shape index (κ2) is 3.70. The molecule has 0 aliphatic heterocycles. The number of benzene rings is 1. The lowest BCUT2D eigenvalue weighted by atomic mass is 9.82. The zero-order valence-corrected chi connectivity index (χ0v) is 10.5. The predicted molar refractivity (Wildman–Crippen MR) is 71.4 cm³/mol. The monoisotopic (exact) mass is 241 g/mol.